The summed E-state index contributed by atoms with van der Waals surface area (Å²) >= 11 is 0. The molecule has 4 heteroatoms. The van der Waals surface area contributed by atoms with Gasteiger partial charge in [-0.15, -0.1) is 0 Å². The van der Waals surface area contributed by atoms with Gasteiger partial charge in [0.25, 0.3) is 5.56 Å². The fraction of sp³-hybridized carbons (Fsp3) is 0. The van der Waals surface area contributed by atoms with Crippen LogP contribution in [0, 0.1) is 11.3 Å². The van der Waals surface area contributed by atoms with Crippen molar-refractivity contribution in [1.82, 2.24) is 10.2 Å². The highest BCUT2D eigenvalue weighted by Gasteiger charge is 2.03. The van der Waals surface area contributed by atoms with Gasteiger partial charge in [-0.3, -0.25) is 4.79 Å². The molecule has 15 heavy (non-hydrogen) atoms. The van der Waals surface area contributed by atoms with Crippen LogP contribution in [-0.4, -0.2) is 10.2 Å². The Morgan fingerprint density at radius 1 is 1.33 bits per heavy atom. The number of aromatic nitrogens is 2. The van der Waals surface area contributed by atoms with Gasteiger partial charge in [0.1, 0.15) is 0 Å². The highest BCUT2D eigenvalue weighted by molar-refractivity contribution is 5.69. The van der Waals surface area contributed by atoms with E-state index >= 15 is 0 Å². The molecule has 2 rings (SSSR count). The maximum Gasteiger partial charge on any atom is 0.264 e. The molecular weight excluding hydrogens is 190 g/mol. The number of nitriles is 1. The van der Waals surface area contributed by atoms with E-state index in [9.17, 15) is 4.79 Å². The van der Waals surface area contributed by atoms with Crippen LogP contribution in [0.4, 0.5) is 0 Å². The first-order chi connectivity index (χ1) is 7.31. The van der Waals surface area contributed by atoms with Gasteiger partial charge in [0.15, 0.2) is 0 Å². The minimum Gasteiger partial charge on any atom is -0.268 e. The van der Waals surface area contributed by atoms with Crippen LogP contribution >= 0.6 is 0 Å². The second-order valence-corrected chi connectivity index (χ2v) is 2.99. The first-order valence-corrected chi connectivity index (χ1v) is 4.35. The average molecular weight is 197 g/mol. The summed E-state index contributed by atoms with van der Waals surface area (Å²) in [6.07, 6.45) is 1.53. The van der Waals surface area contributed by atoms with E-state index in [4.69, 9.17) is 5.26 Å². The summed E-state index contributed by atoms with van der Waals surface area (Å²) in [7, 11) is 0. The highest BCUT2D eigenvalue weighted by Crippen LogP contribution is 2.20. The summed E-state index contributed by atoms with van der Waals surface area (Å²) < 4.78 is 0. The molecule has 72 valence electrons. The topological polar surface area (TPSA) is 69.5 Å². The van der Waals surface area contributed by atoms with Crippen LogP contribution in [0.1, 0.15) is 5.56 Å². The summed E-state index contributed by atoms with van der Waals surface area (Å²) in [6.45, 7) is 0. The van der Waals surface area contributed by atoms with E-state index in [0.29, 0.717) is 11.1 Å². The molecule has 0 fully saturated rings. The SMILES string of the molecule is N#Cc1ccccc1-c1cn[nH]c(=O)c1. The Morgan fingerprint density at radius 2 is 2.13 bits per heavy atom. The molecule has 0 atom stereocenters. The molecule has 1 aromatic heterocycles. The maximum atomic E-state index is 11.1. The molecule has 1 aromatic carbocycles. The Hall–Kier alpha value is -2.41. The molecule has 0 aliphatic carbocycles. The highest BCUT2D eigenvalue weighted by atomic mass is 16.1. The van der Waals surface area contributed by atoms with Gasteiger partial charge >= 0.3 is 0 Å². The molecular formula is C11H7N3O. The number of rotatable bonds is 1. The van der Waals surface area contributed by atoms with Crippen molar-refractivity contribution in [2.24, 2.45) is 0 Å². The number of nitrogens with one attached hydrogen (secondary N) is 1. The third kappa shape index (κ3) is 1.76. The predicted molar refractivity (Wildman–Crippen MR) is 55.0 cm³/mol. The van der Waals surface area contributed by atoms with Crippen LogP contribution in [-0.2, 0) is 0 Å². The number of aromatic amines is 1. The lowest BCUT2D eigenvalue weighted by atomic mass is 10.0. The third-order valence-electron chi connectivity index (χ3n) is 2.02. The molecule has 0 spiro atoms. The number of nitrogens with zero attached hydrogens (tertiary/aromatic N) is 2. The molecule has 1 heterocycles. The summed E-state index contributed by atoms with van der Waals surface area (Å²) in [5.41, 5.74) is 1.62. The third-order valence-corrected chi connectivity index (χ3v) is 2.02. The zero-order valence-corrected chi connectivity index (χ0v) is 7.77. The van der Waals surface area contributed by atoms with E-state index in [2.05, 4.69) is 16.3 Å². The average Bonchev–Trinajstić information content (AvgIpc) is 2.29. The molecule has 2 aromatic rings. The summed E-state index contributed by atoms with van der Waals surface area (Å²) in [5, 5.41) is 14.9. The lowest BCUT2D eigenvalue weighted by Crippen LogP contribution is -2.05. The number of benzene rings is 1. The van der Waals surface area contributed by atoms with Crippen molar-refractivity contribution in [1.29, 1.82) is 5.26 Å². The lowest BCUT2D eigenvalue weighted by molar-refractivity contribution is 0.991. The molecule has 0 bridgehead atoms. The molecule has 0 unspecified atom stereocenters. The molecule has 0 saturated heterocycles. The van der Waals surface area contributed by atoms with Crippen molar-refractivity contribution in [2.75, 3.05) is 0 Å². The van der Waals surface area contributed by atoms with E-state index in [1.807, 2.05) is 6.07 Å². The molecule has 0 amide bonds. The van der Waals surface area contributed by atoms with Crippen LogP contribution in [0.2, 0.25) is 0 Å². The second-order valence-electron chi connectivity index (χ2n) is 2.99. The minimum absolute atomic E-state index is 0.278. The van der Waals surface area contributed by atoms with E-state index in [0.717, 1.165) is 5.56 Å². The Labute approximate surface area is 85.8 Å². The summed E-state index contributed by atoms with van der Waals surface area (Å²) in [5.74, 6) is 0. The summed E-state index contributed by atoms with van der Waals surface area (Å²) in [6, 6.07) is 10.6. The first kappa shape index (κ1) is 9.16. The Morgan fingerprint density at radius 3 is 2.87 bits per heavy atom. The van der Waals surface area contributed by atoms with E-state index in [-0.39, 0.29) is 5.56 Å². The zero-order valence-electron chi connectivity index (χ0n) is 7.77. The van der Waals surface area contributed by atoms with Crippen molar-refractivity contribution in [3.8, 4) is 17.2 Å². The smallest absolute Gasteiger partial charge is 0.264 e. The minimum atomic E-state index is -0.278. The molecule has 1 N–H and O–H groups in total. The largest absolute Gasteiger partial charge is 0.268 e. The van der Waals surface area contributed by atoms with Gasteiger partial charge in [-0.2, -0.15) is 10.4 Å². The molecule has 4 nitrogen and oxygen atoms in total. The monoisotopic (exact) mass is 197 g/mol. The molecule has 0 aliphatic heterocycles. The van der Waals surface area contributed by atoms with Crippen molar-refractivity contribution in [3.63, 3.8) is 0 Å². The van der Waals surface area contributed by atoms with Crippen LogP contribution in [0.5, 0.6) is 0 Å². The van der Waals surface area contributed by atoms with E-state index in [1.165, 1.54) is 12.3 Å². The fourth-order valence-corrected chi connectivity index (χ4v) is 1.36. The Balaban J connectivity index is 2.65. The van der Waals surface area contributed by atoms with Crippen molar-refractivity contribution >= 4 is 0 Å². The Kier molecular flexibility index (Phi) is 2.30. The standard InChI is InChI=1S/C11H7N3O/c12-6-8-3-1-2-4-10(8)9-5-11(15)14-13-7-9/h1-5,7H,(H,14,15). The Bertz CT molecular complexity index is 581. The first-order valence-electron chi connectivity index (χ1n) is 4.35. The van der Waals surface area contributed by atoms with E-state index < -0.39 is 0 Å². The van der Waals surface area contributed by atoms with Gasteiger partial charge < -0.3 is 0 Å². The van der Waals surface area contributed by atoms with Crippen LogP contribution < -0.4 is 5.56 Å². The number of hydrogen-bond donors (Lipinski definition) is 1. The normalized spacial score (nSPS) is 9.53. The van der Waals surface area contributed by atoms with Gasteiger partial charge in [-0.25, -0.2) is 5.10 Å². The zero-order chi connectivity index (χ0) is 10.7. The van der Waals surface area contributed by atoms with Gasteiger partial charge in [-0.1, -0.05) is 18.2 Å². The lowest BCUT2D eigenvalue weighted by Gasteiger charge is -2.01. The van der Waals surface area contributed by atoms with Gasteiger partial charge in [-0.05, 0) is 6.07 Å². The van der Waals surface area contributed by atoms with Gasteiger partial charge in [0.05, 0.1) is 17.8 Å². The quantitative estimate of drug-likeness (QED) is 0.749. The van der Waals surface area contributed by atoms with Crippen molar-refractivity contribution in [3.05, 3.63) is 52.4 Å². The molecule has 0 saturated carbocycles. The fourth-order valence-electron chi connectivity index (χ4n) is 1.36. The van der Waals surface area contributed by atoms with Crippen molar-refractivity contribution in [2.45, 2.75) is 0 Å². The molecule has 0 radical (unpaired) electrons. The van der Waals surface area contributed by atoms with Crippen molar-refractivity contribution < 1.29 is 0 Å². The summed E-state index contributed by atoms with van der Waals surface area (Å²) in [4.78, 5) is 11.1. The van der Waals surface area contributed by atoms with Gasteiger partial charge in [0.2, 0.25) is 0 Å². The second kappa shape index (κ2) is 3.76. The number of hydrogen-bond acceptors (Lipinski definition) is 3. The maximum absolute atomic E-state index is 11.1. The van der Waals surface area contributed by atoms with Crippen LogP contribution in [0.15, 0.2) is 41.3 Å². The van der Waals surface area contributed by atoms with E-state index in [1.54, 1.807) is 18.2 Å². The predicted octanol–water partition coefficient (Wildman–Crippen LogP) is 1.31. The van der Waals surface area contributed by atoms with Crippen LogP contribution in [0.3, 0.4) is 0 Å². The number of H-pyrrole nitrogens is 1. The van der Waals surface area contributed by atoms with Gasteiger partial charge in [0, 0.05) is 17.2 Å². The molecule has 0 aliphatic rings. The van der Waals surface area contributed by atoms with Crippen LogP contribution in [0.25, 0.3) is 11.1 Å².